The molecule has 0 spiro atoms. The number of aliphatic hydroxyl groups is 1. The van der Waals surface area contributed by atoms with Crippen molar-refractivity contribution in [3.8, 4) is 0 Å². The molecule has 1 amide bonds. The zero-order chi connectivity index (χ0) is 28.9. The minimum atomic E-state index is -0.623. The lowest BCUT2D eigenvalue weighted by atomic mass is 9.80. The molecular weight excluding hydrogens is 557 g/mol. The van der Waals surface area contributed by atoms with Crippen LogP contribution in [-0.4, -0.2) is 59.8 Å². The zero-order valence-electron chi connectivity index (χ0n) is 23.6. The molecule has 2 aliphatic heterocycles. The lowest BCUT2D eigenvalue weighted by Crippen LogP contribution is -2.54. The van der Waals surface area contributed by atoms with Crippen molar-refractivity contribution in [3.05, 3.63) is 106 Å². The smallest absolute Gasteiger partial charge is 0.217 e. The molecule has 8 heteroatoms. The summed E-state index contributed by atoms with van der Waals surface area (Å²) in [5.74, 6) is -0.00579. The number of likely N-dealkylation sites (tertiary alicyclic amines) is 2. The van der Waals surface area contributed by atoms with E-state index in [2.05, 4.69) is 39.4 Å². The molecule has 2 atom stereocenters. The quantitative estimate of drug-likeness (QED) is 0.320. The van der Waals surface area contributed by atoms with E-state index in [0.29, 0.717) is 42.6 Å². The van der Waals surface area contributed by atoms with Gasteiger partial charge in [0.25, 0.3) is 0 Å². The summed E-state index contributed by atoms with van der Waals surface area (Å²) in [5, 5.41) is 15.2. The summed E-state index contributed by atoms with van der Waals surface area (Å²) >= 11 is 12.7. The van der Waals surface area contributed by atoms with Gasteiger partial charge >= 0.3 is 0 Å². The van der Waals surface area contributed by atoms with Gasteiger partial charge in [0.15, 0.2) is 0 Å². The van der Waals surface area contributed by atoms with E-state index in [0.717, 1.165) is 49.2 Å². The minimum absolute atomic E-state index is 0.00579. The largest absolute Gasteiger partial charge is 0.378 e. The van der Waals surface area contributed by atoms with Crippen LogP contribution >= 0.6 is 23.2 Å². The first kappa shape index (κ1) is 30.0. The van der Waals surface area contributed by atoms with Gasteiger partial charge in [-0.3, -0.25) is 9.69 Å². The van der Waals surface area contributed by atoms with Crippen LogP contribution in [0.15, 0.2) is 78.9 Å². The van der Waals surface area contributed by atoms with E-state index in [-0.39, 0.29) is 11.4 Å². The van der Waals surface area contributed by atoms with Crippen LogP contribution in [0.2, 0.25) is 10.0 Å². The predicted octanol–water partition coefficient (Wildman–Crippen LogP) is 5.95. The van der Waals surface area contributed by atoms with Crippen LogP contribution in [0.5, 0.6) is 0 Å². The van der Waals surface area contributed by atoms with Gasteiger partial charge in [-0.1, -0.05) is 89.9 Å². The van der Waals surface area contributed by atoms with Crippen LogP contribution in [0, 0.1) is 0 Å². The summed E-state index contributed by atoms with van der Waals surface area (Å²) in [7, 11) is 0. The molecule has 6 nitrogen and oxygen atoms in total. The van der Waals surface area contributed by atoms with Crippen molar-refractivity contribution in [2.75, 3.05) is 32.8 Å². The predicted molar refractivity (Wildman–Crippen MR) is 164 cm³/mol. The van der Waals surface area contributed by atoms with E-state index in [1.807, 2.05) is 54.6 Å². The zero-order valence-corrected chi connectivity index (χ0v) is 25.1. The molecule has 2 saturated heterocycles. The van der Waals surface area contributed by atoms with Crippen molar-refractivity contribution >= 4 is 29.1 Å². The first-order valence-corrected chi connectivity index (χ1v) is 15.2. The molecule has 0 aromatic heterocycles. The van der Waals surface area contributed by atoms with Crippen LogP contribution in [0.25, 0.3) is 0 Å². The Hall–Kier alpha value is -2.45. The van der Waals surface area contributed by atoms with Gasteiger partial charge in [0.05, 0.1) is 22.2 Å². The van der Waals surface area contributed by atoms with Crippen molar-refractivity contribution in [1.29, 1.82) is 0 Å². The lowest BCUT2D eigenvalue weighted by Gasteiger charge is -2.46. The van der Waals surface area contributed by atoms with Gasteiger partial charge in [-0.05, 0) is 54.5 Å². The summed E-state index contributed by atoms with van der Waals surface area (Å²) in [4.78, 5) is 16.6. The van der Waals surface area contributed by atoms with Gasteiger partial charge in [0, 0.05) is 39.6 Å². The number of aliphatic hydroxyl groups excluding tert-OH is 1. The molecule has 2 N–H and O–H groups in total. The first-order valence-electron chi connectivity index (χ1n) is 14.4. The number of nitrogens with one attached hydrogen (secondary N) is 1. The second-order valence-corrected chi connectivity index (χ2v) is 12.2. The number of nitrogens with zero attached hydrogens (tertiary/aromatic N) is 2. The Morgan fingerprint density at radius 1 is 0.951 bits per heavy atom. The number of hydrogen-bond acceptors (Lipinski definition) is 5. The van der Waals surface area contributed by atoms with Crippen LogP contribution in [0.4, 0.5) is 0 Å². The molecule has 0 bridgehead atoms. The third-order valence-electron chi connectivity index (χ3n) is 8.60. The molecule has 2 heterocycles. The maximum atomic E-state index is 12.1. The number of benzene rings is 3. The fraction of sp³-hybridized carbons (Fsp3) is 0.424. The van der Waals surface area contributed by atoms with Gasteiger partial charge < -0.3 is 20.1 Å². The number of halogens is 2. The molecule has 2 unspecified atom stereocenters. The van der Waals surface area contributed by atoms with Gasteiger partial charge in [0.2, 0.25) is 5.91 Å². The van der Waals surface area contributed by atoms with Crippen molar-refractivity contribution in [2.45, 2.75) is 56.5 Å². The molecule has 0 aliphatic carbocycles. The van der Waals surface area contributed by atoms with Crippen molar-refractivity contribution < 1.29 is 14.6 Å². The molecule has 3 aromatic carbocycles. The highest BCUT2D eigenvalue weighted by Gasteiger charge is 2.42. The van der Waals surface area contributed by atoms with Gasteiger partial charge in [0.1, 0.15) is 11.8 Å². The van der Waals surface area contributed by atoms with Crippen LogP contribution in [0.3, 0.4) is 0 Å². The molecule has 2 aliphatic rings. The monoisotopic (exact) mass is 595 g/mol. The molecule has 5 rings (SSSR count). The molecule has 3 aromatic rings. The van der Waals surface area contributed by atoms with E-state index in [4.69, 9.17) is 27.9 Å². The number of piperidine rings is 2. The van der Waals surface area contributed by atoms with Crippen LogP contribution < -0.4 is 5.32 Å². The Labute approximate surface area is 253 Å². The number of ether oxygens (including phenoxy) is 1. The van der Waals surface area contributed by atoms with Crippen molar-refractivity contribution in [2.24, 2.45) is 0 Å². The normalized spacial score (nSPS) is 23.3. The fourth-order valence-electron chi connectivity index (χ4n) is 6.36. The van der Waals surface area contributed by atoms with E-state index in [1.54, 1.807) is 6.92 Å². The van der Waals surface area contributed by atoms with Gasteiger partial charge in [-0.2, -0.15) is 0 Å². The highest BCUT2D eigenvalue weighted by Crippen LogP contribution is 2.40. The first-order chi connectivity index (χ1) is 19.8. The van der Waals surface area contributed by atoms with E-state index < -0.39 is 11.8 Å². The molecule has 0 radical (unpaired) electrons. The maximum absolute atomic E-state index is 12.1. The minimum Gasteiger partial charge on any atom is -0.378 e. The third-order valence-corrected chi connectivity index (χ3v) is 9.34. The number of hydrogen-bond donors (Lipinski definition) is 2. The molecule has 41 heavy (non-hydrogen) atoms. The second-order valence-electron chi connectivity index (χ2n) is 11.4. The SMILES string of the molecule is CC(=O)NC1(c2ccccc2)CCN(CCOC2(c3ccc(Cl)c(Cl)c3)CCC(O)N(Cc3ccccc3)C2)CC1. The summed E-state index contributed by atoms with van der Waals surface area (Å²) in [6, 6.07) is 26.2. The Bertz CT molecular complexity index is 1300. The number of rotatable bonds is 9. The topological polar surface area (TPSA) is 65.0 Å². The fourth-order valence-corrected chi connectivity index (χ4v) is 6.66. The highest BCUT2D eigenvalue weighted by molar-refractivity contribution is 6.42. The standard InChI is InChI=1S/C33H39Cl2N3O3/c1-25(39)36-32(27-10-6-3-7-11-27)16-18-37(19-17-32)20-21-41-33(28-12-13-29(34)30(35)22-28)15-14-31(40)38(24-33)23-26-8-4-2-5-9-26/h2-13,22,31,40H,14-21,23-24H2,1H3,(H,36,39). The summed E-state index contributed by atoms with van der Waals surface area (Å²) in [6.07, 6.45) is 2.40. The molecule has 0 saturated carbocycles. The Kier molecular flexibility index (Phi) is 9.70. The van der Waals surface area contributed by atoms with Crippen molar-refractivity contribution in [1.82, 2.24) is 15.1 Å². The van der Waals surface area contributed by atoms with E-state index in [1.165, 1.54) is 0 Å². The summed E-state index contributed by atoms with van der Waals surface area (Å²) < 4.78 is 6.81. The average Bonchev–Trinajstić information content (AvgIpc) is 2.98. The Morgan fingerprint density at radius 2 is 1.63 bits per heavy atom. The molecule has 2 fully saturated rings. The Balaban J connectivity index is 1.28. The number of carbonyl (C=O) groups excluding carboxylic acids is 1. The van der Waals surface area contributed by atoms with E-state index in [9.17, 15) is 9.90 Å². The summed E-state index contributed by atoms with van der Waals surface area (Å²) in [6.45, 7) is 5.79. The lowest BCUT2D eigenvalue weighted by molar-refractivity contribution is -0.153. The Morgan fingerprint density at radius 3 is 2.29 bits per heavy atom. The summed E-state index contributed by atoms with van der Waals surface area (Å²) in [5.41, 5.74) is 2.31. The van der Waals surface area contributed by atoms with Gasteiger partial charge in [-0.25, -0.2) is 0 Å². The molecular formula is C33H39Cl2N3O3. The van der Waals surface area contributed by atoms with Crippen LogP contribution in [-0.2, 0) is 27.2 Å². The molecule has 218 valence electrons. The highest BCUT2D eigenvalue weighted by atomic mass is 35.5. The van der Waals surface area contributed by atoms with E-state index >= 15 is 0 Å². The average molecular weight is 597 g/mol. The third kappa shape index (κ3) is 7.14. The maximum Gasteiger partial charge on any atom is 0.217 e. The number of carbonyl (C=O) groups is 1. The number of amides is 1. The van der Waals surface area contributed by atoms with Crippen LogP contribution in [0.1, 0.15) is 49.3 Å². The second kappa shape index (κ2) is 13.2. The van der Waals surface area contributed by atoms with Gasteiger partial charge in [-0.15, -0.1) is 0 Å². The van der Waals surface area contributed by atoms with Crippen molar-refractivity contribution in [3.63, 3.8) is 0 Å².